The smallest absolute Gasteiger partial charge is 0.343 e. The highest BCUT2D eigenvalue weighted by Crippen LogP contribution is 2.29. The van der Waals surface area contributed by atoms with Crippen LogP contribution in [0.5, 0.6) is 17.2 Å². The largest absolute Gasteiger partial charge is 0.493 e. The van der Waals surface area contributed by atoms with E-state index >= 15 is 0 Å². The summed E-state index contributed by atoms with van der Waals surface area (Å²) in [6, 6.07) is 16.6. The molecule has 0 saturated heterocycles. The van der Waals surface area contributed by atoms with Crippen molar-refractivity contribution >= 4 is 41.3 Å². The quantitative estimate of drug-likeness (QED) is 0.208. The summed E-state index contributed by atoms with van der Waals surface area (Å²) in [5, 5.41) is 4.49. The molecule has 0 saturated carbocycles. The van der Waals surface area contributed by atoms with E-state index in [0.29, 0.717) is 22.1 Å². The Morgan fingerprint density at radius 1 is 0.970 bits per heavy atom. The Balaban J connectivity index is 1.57. The molecule has 7 nitrogen and oxygen atoms in total. The molecule has 9 heteroatoms. The molecule has 0 aliphatic carbocycles. The van der Waals surface area contributed by atoms with Crippen LogP contribution in [0.4, 0.5) is 0 Å². The van der Waals surface area contributed by atoms with Crippen molar-refractivity contribution in [3.05, 3.63) is 87.4 Å². The summed E-state index contributed by atoms with van der Waals surface area (Å²) >= 11 is 11.8. The van der Waals surface area contributed by atoms with E-state index in [2.05, 4.69) is 10.5 Å². The molecule has 0 unspecified atom stereocenters. The van der Waals surface area contributed by atoms with Crippen LogP contribution in [0.25, 0.3) is 0 Å². The molecule has 3 rings (SSSR count). The van der Waals surface area contributed by atoms with Crippen LogP contribution >= 0.6 is 23.2 Å². The van der Waals surface area contributed by atoms with Gasteiger partial charge in [0.2, 0.25) is 0 Å². The van der Waals surface area contributed by atoms with Crippen molar-refractivity contribution in [2.45, 2.75) is 6.92 Å². The van der Waals surface area contributed by atoms with Crippen LogP contribution in [-0.4, -0.2) is 31.8 Å². The van der Waals surface area contributed by atoms with E-state index in [4.69, 9.17) is 37.4 Å². The van der Waals surface area contributed by atoms with E-state index < -0.39 is 11.9 Å². The fraction of sp³-hybridized carbons (Fsp3) is 0.125. The lowest BCUT2D eigenvalue weighted by Gasteiger charge is -2.10. The van der Waals surface area contributed by atoms with Crippen LogP contribution in [0.2, 0.25) is 10.0 Å². The van der Waals surface area contributed by atoms with Crippen molar-refractivity contribution in [2.24, 2.45) is 5.10 Å². The van der Waals surface area contributed by atoms with Gasteiger partial charge >= 0.3 is 5.97 Å². The van der Waals surface area contributed by atoms with E-state index in [-0.39, 0.29) is 22.9 Å². The molecule has 0 aliphatic heterocycles. The Morgan fingerprint density at radius 3 is 2.42 bits per heavy atom. The van der Waals surface area contributed by atoms with Gasteiger partial charge in [-0.1, -0.05) is 40.9 Å². The number of ether oxygens (including phenoxy) is 3. The van der Waals surface area contributed by atoms with Crippen molar-refractivity contribution in [1.29, 1.82) is 0 Å². The van der Waals surface area contributed by atoms with Gasteiger partial charge in [-0.15, -0.1) is 0 Å². The molecule has 0 radical (unpaired) electrons. The van der Waals surface area contributed by atoms with Gasteiger partial charge in [-0.25, -0.2) is 10.2 Å². The number of rotatable bonds is 8. The molecule has 1 amide bonds. The van der Waals surface area contributed by atoms with E-state index in [1.807, 2.05) is 19.1 Å². The summed E-state index contributed by atoms with van der Waals surface area (Å²) in [5.41, 5.74) is 4.34. The Bertz CT molecular complexity index is 1180. The maximum absolute atomic E-state index is 12.4. The molecule has 0 aromatic heterocycles. The van der Waals surface area contributed by atoms with Gasteiger partial charge in [0.25, 0.3) is 5.91 Å². The van der Waals surface area contributed by atoms with Crippen LogP contribution in [0.15, 0.2) is 65.8 Å². The number of hydrogen-bond donors (Lipinski definition) is 1. The third-order valence-corrected chi connectivity index (χ3v) is 5.08. The fourth-order valence-corrected chi connectivity index (χ4v) is 2.92. The molecular formula is C24H20Cl2N2O5. The van der Waals surface area contributed by atoms with Crippen molar-refractivity contribution in [3.63, 3.8) is 0 Å². The van der Waals surface area contributed by atoms with E-state index in [1.54, 1.807) is 30.3 Å². The van der Waals surface area contributed by atoms with Crippen LogP contribution in [0.1, 0.15) is 21.5 Å². The number of nitrogens with zero attached hydrogens (tertiary/aromatic N) is 1. The van der Waals surface area contributed by atoms with Gasteiger partial charge in [0.1, 0.15) is 5.75 Å². The topological polar surface area (TPSA) is 86.2 Å². The minimum Gasteiger partial charge on any atom is -0.493 e. The van der Waals surface area contributed by atoms with Crippen molar-refractivity contribution in [1.82, 2.24) is 5.43 Å². The molecule has 1 N–H and O–H groups in total. The Kier molecular flexibility index (Phi) is 8.29. The summed E-state index contributed by atoms with van der Waals surface area (Å²) in [5.74, 6) is 0.0817. The maximum Gasteiger partial charge on any atom is 0.343 e. The van der Waals surface area contributed by atoms with Gasteiger partial charge in [0.15, 0.2) is 18.1 Å². The highest BCUT2D eigenvalue weighted by molar-refractivity contribution is 6.42. The molecule has 33 heavy (non-hydrogen) atoms. The zero-order valence-corrected chi connectivity index (χ0v) is 19.3. The van der Waals surface area contributed by atoms with Gasteiger partial charge < -0.3 is 14.2 Å². The lowest BCUT2D eigenvalue weighted by atomic mass is 10.2. The van der Waals surface area contributed by atoms with Gasteiger partial charge in [-0.2, -0.15) is 5.10 Å². The monoisotopic (exact) mass is 486 g/mol. The van der Waals surface area contributed by atoms with Crippen molar-refractivity contribution < 1.29 is 23.8 Å². The second kappa shape index (κ2) is 11.4. The Labute approximate surface area is 200 Å². The second-order valence-corrected chi connectivity index (χ2v) is 7.64. The number of nitrogens with one attached hydrogen (secondary N) is 1. The highest BCUT2D eigenvalue weighted by atomic mass is 35.5. The third-order valence-electron chi connectivity index (χ3n) is 4.34. The minimum absolute atomic E-state index is 0.173. The molecule has 0 spiro atoms. The fourth-order valence-electron chi connectivity index (χ4n) is 2.63. The van der Waals surface area contributed by atoms with E-state index in [0.717, 1.165) is 5.56 Å². The van der Waals surface area contributed by atoms with Crippen molar-refractivity contribution in [2.75, 3.05) is 13.7 Å². The number of hydrogen-bond acceptors (Lipinski definition) is 6. The average Bonchev–Trinajstić information content (AvgIpc) is 2.81. The van der Waals surface area contributed by atoms with Gasteiger partial charge in [0, 0.05) is 0 Å². The molecule has 0 fully saturated rings. The predicted octanol–water partition coefficient (Wildman–Crippen LogP) is 5.06. The number of carbonyl (C=O) groups is 2. The molecule has 0 atom stereocenters. The predicted molar refractivity (Wildman–Crippen MR) is 127 cm³/mol. The SMILES string of the molecule is COc1cc(/C=N/NC(=O)COc2ccc(C)cc2)ccc1OC(=O)c1ccc(Cl)c(Cl)c1. The number of amides is 1. The molecule has 170 valence electrons. The lowest BCUT2D eigenvalue weighted by molar-refractivity contribution is -0.123. The van der Waals surface area contributed by atoms with E-state index in [1.165, 1.54) is 31.5 Å². The Hall–Kier alpha value is -3.55. The zero-order valence-electron chi connectivity index (χ0n) is 17.8. The number of aryl methyl sites for hydroxylation is 1. The summed E-state index contributed by atoms with van der Waals surface area (Å²) in [7, 11) is 1.44. The highest BCUT2D eigenvalue weighted by Gasteiger charge is 2.14. The van der Waals surface area contributed by atoms with Crippen LogP contribution in [0, 0.1) is 6.92 Å². The second-order valence-electron chi connectivity index (χ2n) is 6.82. The number of methoxy groups -OCH3 is 1. The van der Waals surface area contributed by atoms with Gasteiger partial charge in [-0.05, 0) is 61.0 Å². The average molecular weight is 487 g/mol. The first-order valence-electron chi connectivity index (χ1n) is 9.72. The number of hydrazone groups is 1. The van der Waals surface area contributed by atoms with Crippen molar-refractivity contribution in [3.8, 4) is 17.2 Å². The van der Waals surface area contributed by atoms with Gasteiger partial charge in [-0.3, -0.25) is 4.79 Å². The first-order chi connectivity index (χ1) is 15.9. The molecule has 0 bridgehead atoms. The summed E-state index contributed by atoms with van der Waals surface area (Å²) in [4.78, 5) is 24.3. The normalized spacial score (nSPS) is 10.7. The van der Waals surface area contributed by atoms with Gasteiger partial charge in [0.05, 0.1) is 28.9 Å². The third kappa shape index (κ3) is 6.97. The van der Waals surface area contributed by atoms with E-state index in [9.17, 15) is 9.59 Å². The summed E-state index contributed by atoms with van der Waals surface area (Å²) < 4.78 is 16.1. The van der Waals surface area contributed by atoms with Crippen LogP contribution in [-0.2, 0) is 4.79 Å². The van der Waals surface area contributed by atoms with Crippen LogP contribution < -0.4 is 19.6 Å². The number of halogens is 2. The summed E-state index contributed by atoms with van der Waals surface area (Å²) in [6.07, 6.45) is 1.43. The Morgan fingerprint density at radius 2 is 1.73 bits per heavy atom. The maximum atomic E-state index is 12.4. The minimum atomic E-state index is -0.617. The summed E-state index contributed by atoms with van der Waals surface area (Å²) in [6.45, 7) is 1.79. The first kappa shape index (κ1) is 24.1. The number of benzene rings is 3. The molecule has 0 aliphatic rings. The number of esters is 1. The standard InChI is InChI=1S/C24H20Cl2N2O5/c1-15-3-7-18(8-4-15)32-14-23(29)28-27-13-16-5-10-21(22(11-16)31-2)33-24(30)17-6-9-19(25)20(26)12-17/h3-13H,14H2,1-2H3,(H,28,29)/b27-13+. The van der Waals surface area contributed by atoms with Crippen LogP contribution in [0.3, 0.4) is 0 Å². The molecular weight excluding hydrogens is 467 g/mol. The zero-order chi connectivity index (χ0) is 23.8. The molecule has 0 heterocycles. The number of carbonyl (C=O) groups excluding carboxylic acids is 2. The lowest BCUT2D eigenvalue weighted by Crippen LogP contribution is -2.24. The molecule has 3 aromatic carbocycles. The first-order valence-corrected chi connectivity index (χ1v) is 10.5. The molecule has 3 aromatic rings.